The Labute approximate surface area is 266 Å². The Kier molecular flexibility index (Phi) is 5.20. The molecule has 0 N–H and O–H groups in total. The van der Waals surface area contributed by atoms with Crippen LogP contribution in [0.3, 0.4) is 0 Å². The molecule has 0 saturated heterocycles. The second kappa shape index (κ2) is 9.47. The van der Waals surface area contributed by atoms with Crippen LogP contribution in [0, 0.1) is 0 Å². The molecule has 1 aliphatic heterocycles. The fraction of sp³-hybridized carbons (Fsp3) is 0.0233. The van der Waals surface area contributed by atoms with Gasteiger partial charge in [-0.25, -0.2) is 0 Å². The van der Waals surface area contributed by atoms with Gasteiger partial charge in [0.1, 0.15) is 22.7 Å². The zero-order valence-corrected chi connectivity index (χ0v) is 24.9. The molecule has 10 rings (SSSR count). The summed E-state index contributed by atoms with van der Waals surface area (Å²) in [6, 6.07) is 58.2. The third kappa shape index (κ3) is 3.32. The van der Waals surface area contributed by atoms with Crippen LogP contribution in [0.1, 0.15) is 22.3 Å². The van der Waals surface area contributed by atoms with Gasteiger partial charge in [0.2, 0.25) is 0 Å². The molecular formula is C43H27NO2. The van der Waals surface area contributed by atoms with Crippen molar-refractivity contribution < 1.29 is 9.15 Å². The minimum atomic E-state index is -0.599. The third-order valence-corrected chi connectivity index (χ3v) is 9.72. The van der Waals surface area contributed by atoms with E-state index in [0.29, 0.717) is 0 Å². The van der Waals surface area contributed by atoms with Crippen LogP contribution in [-0.4, -0.2) is 0 Å². The van der Waals surface area contributed by atoms with Gasteiger partial charge in [-0.2, -0.15) is 0 Å². The fourth-order valence-corrected chi connectivity index (χ4v) is 7.90. The zero-order valence-electron chi connectivity index (χ0n) is 24.9. The number of hydrogen-bond donors (Lipinski definition) is 0. The third-order valence-electron chi connectivity index (χ3n) is 9.72. The van der Waals surface area contributed by atoms with Gasteiger partial charge >= 0.3 is 0 Å². The lowest BCUT2D eigenvalue weighted by molar-refractivity contribution is 0.441. The van der Waals surface area contributed by atoms with Gasteiger partial charge in [0, 0.05) is 33.6 Å². The van der Waals surface area contributed by atoms with E-state index < -0.39 is 5.41 Å². The number of ether oxygens (including phenoxy) is 1. The minimum Gasteiger partial charge on any atom is -0.456 e. The van der Waals surface area contributed by atoms with Gasteiger partial charge < -0.3 is 14.1 Å². The van der Waals surface area contributed by atoms with Crippen LogP contribution in [0.2, 0.25) is 0 Å². The molecule has 2 heterocycles. The highest BCUT2D eigenvalue weighted by atomic mass is 16.5. The lowest BCUT2D eigenvalue weighted by atomic mass is 9.65. The van der Waals surface area contributed by atoms with Gasteiger partial charge in [-0.3, -0.25) is 0 Å². The molecule has 3 nitrogen and oxygen atoms in total. The van der Waals surface area contributed by atoms with E-state index in [-0.39, 0.29) is 0 Å². The lowest BCUT2D eigenvalue weighted by Crippen LogP contribution is -2.32. The summed E-state index contributed by atoms with van der Waals surface area (Å²) in [6.07, 6.45) is 0. The monoisotopic (exact) mass is 589 g/mol. The number of fused-ring (bicyclic) bond motifs is 13. The Hall–Kier alpha value is -6.06. The Morgan fingerprint density at radius 1 is 0.435 bits per heavy atom. The van der Waals surface area contributed by atoms with Crippen molar-refractivity contribution in [2.75, 3.05) is 4.90 Å². The van der Waals surface area contributed by atoms with Crippen LogP contribution in [0.4, 0.5) is 17.1 Å². The molecule has 1 unspecified atom stereocenters. The zero-order chi connectivity index (χ0) is 30.2. The number of rotatable bonds is 3. The Balaban J connectivity index is 1.33. The largest absolute Gasteiger partial charge is 0.456 e. The molecule has 0 bridgehead atoms. The van der Waals surface area contributed by atoms with Crippen LogP contribution in [0.25, 0.3) is 33.1 Å². The summed E-state index contributed by atoms with van der Waals surface area (Å²) < 4.78 is 13.3. The summed E-state index contributed by atoms with van der Waals surface area (Å²) in [6.45, 7) is 0. The van der Waals surface area contributed by atoms with Crippen molar-refractivity contribution in [1.29, 1.82) is 0 Å². The van der Waals surface area contributed by atoms with Gasteiger partial charge in [0.25, 0.3) is 0 Å². The van der Waals surface area contributed by atoms with Crippen molar-refractivity contribution in [1.82, 2.24) is 0 Å². The van der Waals surface area contributed by atoms with Gasteiger partial charge in [-0.15, -0.1) is 0 Å². The van der Waals surface area contributed by atoms with E-state index in [1.807, 2.05) is 12.1 Å². The predicted molar refractivity (Wildman–Crippen MR) is 186 cm³/mol. The molecule has 2 aliphatic rings. The van der Waals surface area contributed by atoms with Crippen LogP contribution < -0.4 is 9.64 Å². The summed E-state index contributed by atoms with van der Waals surface area (Å²) in [5, 5.41) is 2.07. The molecule has 8 aromatic rings. The van der Waals surface area contributed by atoms with Crippen molar-refractivity contribution in [2.24, 2.45) is 0 Å². The summed E-state index contributed by atoms with van der Waals surface area (Å²) >= 11 is 0. The summed E-state index contributed by atoms with van der Waals surface area (Å²) in [7, 11) is 0. The van der Waals surface area contributed by atoms with Crippen molar-refractivity contribution in [3.8, 4) is 22.6 Å². The van der Waals surface area contributed by atoms with E-state index in [4.69, 9.17) is 9.15 Å². The van der Waals surface area contributed by atoms with Crippen molar-refractivity contribution in [3.63, 3.8) is 0 Å². The van der Waals surface area contributed by atoms with E-state index in [1.165, 1.54) is 22.3 Å². The highest BCUT2D eigenvalue weighted by Crippen LogP contribution is 2.64. The lowest BCUT2D eigenvalue weighted by Gasteiger charge is -2.40. The van der Waals surface area contributed by atoms with Crippen molar-refractivity contribution >= 4 is 39.0 Å². The number of anilines is 3. The number of nitrogens with zero attached hydrogens (tertiary/aromatic N) is 1. The first-order valence-electron chi connectivity index (χ1n) is 15.7. The Morgan fingerprint density at radius 3 is 1.89 bits per heavy atom. The molecule has 0 radical (unpaired) electrons. The minimum absolute atomic E-state index is 0.599. The molecule has 1 spiro atoms. The van der Waals surface area contributed by atoms with E-state index in [1.54, 1.807) is 0 Å². The topological polar surface area (TPSA) is 25.6 Å². The van der Waals surface area contributed by atoms with Gasteiger partial charge in [0.15, 0.2) is 0 Å². The van der Waals surface area contributed by atoms with Crippen LogP contribution in [0.15, 0.2) is 168 Å². The second-order valence-electron chi connectivity index (χ2n) is 12.0. The first-order valence-corrected chi connectivity index (χ1v) is 15.7. The number of furan rings is 1. The van der Waals surface area contributed by atoms with Crippen LogP contribution in [0.5, 0.6) is 11.5 Å². The maximum atomic E-state index is 6.92. The Bertz CT molecular complexity index is 2420. The first kappa shape index (κ1) is 25.3. The van der Waals surface area contributed by atoms with Crippen molar-refractivity contribution in [3.05, 3.63) is 186 Å². The van der Waals surface area contributed by atoms with Gasteiger partial charge in [0.05, 0.1) is 10.8 Å². The molecular weight excluding hydrogens is 562 g/mol. The van der Waals surface area contributed by atoms with E-state index in [0.717, 1.165) is 61.6 Å². The summed E-state index contributed by atoms with van der Waals surface area (Å²) in [4.78, 5) is 2.34. The second-order valence-corrected chi connectivity index (χ2v) is 12.0. The highest BCUT2D eigenvalue weighted by Gasteiger charge is 2.51. The van der Waals surface area contributed by atoms with Crippen LogP contribution >= 0.6 is 0 Å². The predicted octanol–water partition coefficient (Wildman–Crippen LogP) is 11.5. The van der Waals surface area contributed by atoms with Crippen LogP contribution in [-0.2, 0) is 5.41 Å². The van der Waals surface area contributed by atoms with E-state index in [2.05, 4.69) is 157 Å². The fourth-order valence-electron chi connectivity index (χ4n) is 7.90. The smallest absolute Gasteiger partial charge is 0.143 e. The van der Waals surface area contributed by atoms with E-state index in [9.17, 15) is 0 Å². The molecule has 216 valence electrons. The summed E-state index contributed by atoms with van der Waals surface area (Å²) in [5.74, 6) is 1.72. The Morgan fingerprint density at radius 2 is 1.09 bits per heavy atom. The maximum Gasteiger partial charge on any atom is 0.143 e. The molecule has 1 atom stereocenters. The molecule has 3 heteroatoms. The standard InChI is InChI=1S/C43H27NO2/c1-3-13-28(14-4-1)44(29-15-5-2-6-16-29)30-23-24-32-31-17-7-9-19-34(31)43(37(32)27-30)35-20-10-12-22-39(35)46-42-36(43)25-26-40-41(42)33-18-8-11-21-38(33)45-40/h1-27H. The molecule has 0 saturated carbocycles. The normalized spacial score (nSPS) is 15.7. The highest BCUT2D eigenvalue weighted by molar-refractivity contribution is 6.10. The molecule has 1 aromatic heterocycles. The summed E-state index contributed by atoms with van der Waals surface area (Å²) in [5.41, 5.74) is 11.7. The average Bonchev–Trinajstić information content (AvgIpc) is 3.64. The first-order chi connectivity index (χ1) is 22.8. The average molecular weight is 590 g/mol. The number of para-hydroxylation sites is 4. The molecule has 0 fully saturated rings. The number of benzene rings is 7. The molecule has 1 aliphatic carbocycles. The van der Waals surface area contributed by atoms with Crippen molar-refractivity contribution in [2.45, 2.75) is 5.41 Å². The molecule has 46 heavy (non-hydrogen) atoms. The molecule has 7 aromatic carbocycles. The molecule has 0 amide bonds. The maximum absolute atomic E-state index is 6.92. The SMILES string of the molecule is c1ccc(N(c2ccccc2)c2ccc3c(c2)C2(c4ccccc4Oc4c2ccc2oc5ccccc5c42)c2ccccc2-3)cc1. The quantitative estimate of drug-likeness (QED) is 0.205. The number of hydrogen-bond acceptors (Lipinski definition) is 3. The van der Waals surface area contributed by atoms with E-state index >= 15 is 0 Å². The van der Waals surface area contributed by atoms with Gasteiger partial charge in [-0.1, -0.05) is 103 Å². The van der Waals surface area contributed by atoms with Gasteiger partial charge in [-0.05, 0) is 82.9 Å².